The predicted molar refractivity (Wildman–Crippen MR) is 182 cm³/mol. The summed E-state index contributed by atoms with van der Waals surface area (Å²) in [6.45, 7) is 0.00593. The van der Waals surface area contributed by atoms with Gasteiger partial charge in [0.05, 0.1) is 24.2 Å². The van der Waals surface area contributed by atoms with Crippen molar-refractivity contribution in [2.45, 2.75) is 108 Å². The summed E-state index contributed by atoms with van der Waals surface area (Å²) in [6.07, 6.45) is 16.3. The lowest BCUT2D eigenvalue weighted by Gasteiger charge is -2.33. The first-order valence-electron chi connectivity index (χ1n) is 17.0. The third-order valence-corrected chi connectivity index (χ3v) is 9.04. The first kappa shape index (κ1) is 39.7. The zero-order valence-corrected chi connectivity index (χ0v) is 28.2. The molecule has 1 fully saturated rings. The van der Waals surface area contributed by atoms with Gasteiger partial charge in [-0.3, -0.25) is 19.3 Å². The van der Waals surface area contributed by atoms with Gasteiger partial charge >= 0.3 is 0 Å². The number of benzene rings is 1. The van der Waals surface area contributed by atoms with E-state index in [2.05, 4.69) is 22.5 Å². The number of nitrogens with one attached hydrogen (secondary N) is 2. The molecule has 5 atom stereocenters. The molecule has 47 heavy (non-hydrogen) atoms. The zero-order chi connectivity index (χ0) is 34.6. The minimum Gasteiger partial charge on any atom is -0.390 e. The molecule has 1 aliphatic carbocycles. The molecule has 0 radical (unpaired) electrons. The van der Waals surface area contributed by atoms with E-state index < -0.39 is 48.8 Å². The number of halogens is 1. The number of terminal acetylenes is 2. The van der Waals surface area contributed by atoms with Gasteiger partial charge in [0, 0.05) is 39.4 Å². The van der Waals surface area contributed by atoms with E-state index in [9.17, 15) is 29.0 Å². The Kier molecular flexibility index (Phi) is 18.8. The minimum absolute atomic E-state index is 0.104. The summed E-state index contributed by atoms with van der Waals surface area (Å²) in [5.74, 6) is 3.35. The van der Waals surface area contributed by atoms with Gasteiger partial charge in [-0.25, -0.2) is 4.39 Å². The number of amides is 3. The molecule has 1 aliphatic rings. The Bertz CT molecular complexity index is 1160. The van der Waals surface area contributed by atoms with Gasteiger partial charge in [-0.2, -0.15) is 0 Å². The third kappa shape index (κ3) is 14.9. The van der Waals surface area contributed by atoms with Crippen LogP contribution in [0, 0.1) is 36.5 Å². The molecule has 0 aromatic heterocycles. The largest absolute Gasteiger partial charge is 0.390 e. The maximum atomic E-state index is 13.8. The molecular formula is C37H55FN4O5. The maximum Gasteiger partial charge on any atom is 0.242 e. The number of rotatable bonds is 21. The van der Waals surface area contributed by atoms with Crippen molar-refractivity contribution >= 4 is 17.7 Å². The number of nitrogens with zero attached hydrogens (tertiary/aromatic N) is 2. The van der Waals surface area contributed by atoms with Gasteiger partial charge in [0.2, 0.25) is 17.7 Å². The van der Waals surface area contributed by atoms with E-state index in [0.29, 0.717) is 44.7 Å². The Morgan fingerprint density at radius 3 is 2.28 bits per heavy atom. The highest BCUT2D eigenvalue weighted by Gasteiger charge is 2.34. The lowest BCUT2D eigenvalue weighted by molar-refractivity contribution is -0.137. The number of carbonyl (C=O) groups excluding carboxylic acids is 3. The van der Waals surface area contributed by atoms with Crippen molar-refractivity contribution in [2.75, 3.05) is 34.0 Å². The Balaban J connectivity index is 2.23. The van der Waals surface area contributed by atoms with Gasteiger partial charge in [-0.05, 0) is 50.6 Å². The molecule has 1 saturated carbocycles. The summed E-state index contributed by atoms with van der Waals surface area (Å²) in [5.41, 5.74) is 0.861. The van der Waals surface area contributed by atoms with Crippen molar-refractivity contribution in [3.8, 4) is 24.7 Å². The molecule has 9 nitrogen and oxygen atoms in total. The second kappa shape index (κ2) is 22.2. The van der Waals surface area contributed by atoms with Gasteiger partial charge in [0.25, 0.3) is 0 Å². The van der Waals surface area contributed by atoms with E-state index in [1.54, 1.807) is 14.1 Å². The summed E-state index contributed by atoms with van der Waals surface area (Å²) >= 11 is 0. The molecule has 1 aromatic carbocycles. The standard InChI is InChI=1S/C37H55FN4O5/c1-5-7-11-21-33(43)35(45)32(25-29-18-14-10-15-19-29)40-37(47)31(20-8-6-2)39-36(46)30(24-28-16-12-9-13-17-28)26-34(44)42(4)23-22-41(3)27-38/h1-2,9,12-13,16-17,29-33,35,43,45H,7-8,10-11,14-15,18-27H2,3-4H3,(H,39,46)(H,40,47). The van der Waals surface area contributed by atoms with Gasteiger partial charge in [0.1, 0.15) is 12.8 Å². The molecule has 10 heteroatoms. The fraction of sp³-hybridized carbons (Fsp3) is 0.649. The number of likely N-dealkylation sites (N-methyl/N-ethyl adjacent to an activating group) is 2. The summed E-state index contributed by atoms with van der Waals surface area (Å²) in [5, 5.41) is 27.8. The van der Waals surface area contributed by atoms with Crippen molar-refractivity contribution in [1.29, 1.82) is 0 Å². The number of hydrogen-bond donors (Lipinski definition) is 4. The molecular weight excluding hydrogens is 599 g/mol. The van der Waals surface area contributed by atoms with E-state index in [4.69, 9.17) is 12.8 Å². The first-order chi connectivity index (χ1) is 22.6. The Morgan fingerprint density at radius 2 is 1.64 bits per heavy atom. The highest BCUT2D eigenvalue weighted by molar-refractivity contribution is 5.91. The molecule has 3 amide bonds. The molecule has 0 bridgehead atoms. The number of hydrogen-bond acceptors (Lipinski definition) is 6. The van der Waals surface area contributed by atoms with E-state index in [1.165, 1.54) is 9.80 Å². The quantitative estimate of drug-likeness (QED) is 0.0916. The molecule has 4 N–H and O–H groups in total. The summed E-state index contributed by atoms with van der Waals surface area (Å²) < 4.78 is 12.9. The number of carbonyl (C=O) groups is 3. The van der Waals surface area contributed by atoms with Crippen LogP contribution in [0.1, 0.15) is 82.6 Å². The second-order valence-electron chi connectivity index (χ2n) is 12.9. The normalized spacial score (nSPS) is 16.6. The summed E-state index contributed by atoms with van der Waals surface area (Å²) in [6, 6.07) is 7.58. The summed E-state index contributed by atoms with van der Waals surface area (Å²) in [7, 11) is 3.23. The fourth-order valence-corrected chi connectivity index (χ4v) is 6.02. The maximum absolute atomic E-state index is 13.8. The van der Waals surface area contributed by atoms with Crippen molar-refractivity contribution in [3.63, 3.8) is 0 Å². The van der Waals surface area contributed by atoms with Crippen LogP contribution < -0.4 is 10.6 Å². The second-order valence-corrected chi connectivity index (χ2v) is 12.9. The van der Waals surface area contributed by atoms with E-state index in [-0.39, 0.29) is 31.6 Å². The van der Waals surface area contributed by atoms with Gasteiger partial charge < -0.3 is 25.7 Å². The van der Waals surface area contributed by atoms with Crippen LogP contribution in [0.4, 0.5) is 4.39 Å². The fourth-order valence-electron chi connectivity index (χ4n) is 6.02. The molecule has 2 rings (SSSR count). The molecule has 0 spiro atoms. The lowest BCUT2D eigenvalue weighted by Crippen LogP contribution is -2.56. The van der Waals surface area contributed by atoms with Crippen LogP contribution in [0.3, 0.4) is 0 Å². The van der Waals surface area contributed by atoms with Crippen molar-refractivity contribution < 1.29 is 29.0 Å². The number of aliphatic hydroxyl groups is 2. The highest BCUT2D eigenvalue weighted by Crippen LogP contribution is 2.29. The van der Waals surface area contributed by atoms with Gasteiger partial charge in [-0.1, -0.05) is 62.4 Å². The van der Waals surface area contributed by atoms with E-state index in [1.807, 2.05) is 30.3 Å². The van der Waals surface area contributed by atoms with Crippen LogP contribution in [0.25, 0.3) is 0 Å². The average Bonchev–Trinajstić information content (AvgIpc) is 3.08. The van der Waals surface area contributed by atoms with Crippen LogP contribution in [0.5, 0.6) is 0 Å². The number of unbranched alkanes of at least 4 members (excludes halogenated alkanes) is 1. The molecule has 260 valence electrons. The zero-order valence-electron chi connectivity index (χ0n) is 28.2. The van der Waals surface area contributed by atoms with Crippen LogP contribution in [-0.4, -0.2) is 96.0 Å². The highest BCUT2D eigenvalue weighted by atomic mass is 19.1. The van der Waals surface area contributed by atoms with Crippen LogP contribution in [-0.2, 0) is 20.8 Å². The van der Waals surface area contributed by atoms with E-state index >= 15 is 0 Å². The molecule has 0 aliphatic heterocycles. The average molecular weight is 655 g/mol. The van der Waals surface area contributed by atoms with Crippen LogP contribution >= 0.6 is 0 Å². The Hall–Kier alpha value is -3.44. The Morgan fingerprint density at radius 1 is 0.957 bits per heavy atom. The molecule has 0 saturated heterocycles. The third-order valence-electron chi connectivity index (χ3n) is 9.04. The lowest BCUT2D eigenvalue weighted by atomic mass is 9.82. The van der Waals surface area contributed by atoms with Crippen LogP contribution in [0.2, 0.25) is 0 Å². The molecule has 5 unspecified atom stereocenters. The minimum atomic E-state index is -1.21. The first-order valence-corrected chi connectivity index (χ1v) is 17.0. The Labute approximate surface area is 281 Å². The molecule has 0 heterocycles. The van der Waals surface area contributed by atoms with Crippen molar-refractivity contribution in [1.82, 2.24) is 20.4 Å². The predicted octanol–water partition coefficient (Wildman–Crippen LogP) is 3.43. The van der Waals surface area contributed by atoms with E-state index in [0.717, 1.165) is 37.7 Å². The van der Waals surface area contributed by atoms with Crippen molar-refractivity contribution in [2.24, 2.45) is 11.8 Å². The summed E-state index contributed by atoms with van der Waals surface area (Å²) in [4.78, 5) is 43.7. The van der Waals surface area contributed by atoms with Gasteiger partial charge in [-0.15, -0.1) is 24.7 Å². The SMILES string of the molecule is C#CCCCC(O)C(O)C(CC1CCCCC1)NC(=O)C(CCC#C)NC(=O)C(CC(=O)N(C)CCN(C)CF)Cc1ccccc1. The topological polar surface area (TPSA) is 122 Å². The number of alkyl halides is 1. The number of aliphatic hydroxyl groups excluding tert-OH is 2. The monoisotopic (exact) mass is 654 g/mol. The van der Waals surface area contributed by atoms with Crippen LogP contribution in [0.15, 0.2) is 30.3 Å². The molecule has 1 aromatic rings. The van der Waals surface area contributed by atoms with Crippen molar-refractivity contribution in [3.05, 3.63) is 35.9 Å². The smallest absolute Gasteiger partial charge is 0.242 e. The van der Waals surface area contributed by atoms with Gasteiger partial charge in [0.15, 0.2) is 0 Å².